The van der Waals surface area contributed by atoms with Gasteiger partial charge in [-0.2, -0.15) is 5.26 Å². The molecule has 0 spiro atoms. The quantitative estimate of drug-likeness (QED) is 0.420. The van der Waals surface area contributed by atoms with Crippen LogP contribution >= 0.6 is 0 Å². The molecule has 0 bridgehead atoms. The van der Waals surface area contributed by atoms with Crippen LogP contribution in [0.4, 0.5) is 15.8 Å². The van der Waals surface area contributed by atoms with Gasteiger partial charge in [-0.25, -0.2) is 4.39 Å². The molecule has 8 heteroatoms. The maximum atomic E-state index is 14.1. The number of hydrogen-bond acceptors (Lipinski definition) is 5. The molecule has 178 valence electrons. The Morgan fingerprint density at radius 1 is 1.11 bits per heavy atom. The third-order valence-electron chi connectivity index (χ3n) is 6.36. The normalized spacial score (nSPS) is 16.5. The number of amides is 2. The van der Waals surface area contributed by atoms with Gasteiger partial charge < -0.3 is 10.1 Å². The van der Waals surface area contributed by atoms with Crippen molar-refractivity contribution in [2.45, 2.75) is 18.4 Å². The lowest BCUT2D eigenvalue weighted by Crippen LogP contribution is -2.52. The Balaban J connectivity index is 1.63. The Hall–Kier alpha value is -4.77. The number of nitrogens with one attached hydrogen (secondary N) is 1. The summed E-state index contributed by atoms with van der Waals surface area (Å²) >= 11 is 0. The number of benzene rings is 3. The summed E-state index contributed by atoms with van der Waals surface area (Å²) in [5.74, 6) is -0.961. The van der Waals surface area contributed by atoms with Crippen molar-refractivity contribution in [2.75, 3.05) is 12.0 Å². The second-order valence-electron chi connectivity index (χ2n) is 8.43. The maximum absolute atomic E-state index is 14.1. The minimum absolute atomic E-state index is 0.00504. The molecule has 1 aliphatic heterocycles. The third kappa shape index (κ3) is 3.81. The van der Waals surface area contributed by atoms with Crippen LogP contribution in [0.25, 0.3) is 10.8 Å². The van der Waals surface area contributed by atoms with Gasteiger partial charge in [-0.05, 0) is 60.3 Å². The van der Waals surface area contributed by atoms with Crippen molar-refractivity contribution in [1.29, 1.82) is 5.26 Å². The molecule has 1 aromatic heterocycles. The number of nitriles is 1. The fourth-order valence-electron chi connectivity index (χ4n) is 4.57. The lowest BCUT2D eigenvalue weighted by molar-refractivity contribution is -0.123. The molecule has 4 aromatic rings. The number of nitrogens with zero attached hydrogens (tertiary/aromatic N) is 3. The van der Waals surface area contributed by atoms with Gasteiger partial charge in [-0.15, -0.1) is 0 Å². The fourth-order valence-corrected chi connectivity index (χ4v) is 4.57. The lowest BCUT2D eigenvalue weighted by atomic mass is 9.86. The first-order valence-electron chi connectivity index (χ1n) is 11.3. The van der Waals surface area contributed by atoms with Gasteiger partial charge >= 0.3 is 0 Å². The van der Waals surface area contributed by atoms with E-state index in [2.05, 4.69) is 16.4 Å². The molecule has 1 atom stereocenters. The number of ether oxygens (including phenoxy) is 1. The Morgan fingerprint density at radius 2 is 1.86 bits per heavy atom. The molecule has 0 aliphatic carbocycles. The number of rotatable bonds is 6. The van der Waals surface area contributed by atoms with Crippen LogP contribution in [0.1, 0.15) is 28.9 Å². The molecular weight excluding hydrogens is 459 g/mol. The average molecular weight is 480 g/mol. The maximum Gasteiger partial charge on any atom is 0.271 e. The monoisotopic (exact) mass is 480 g/mol. The summed E-state index contributed by atoms with van der Waals surface area (Å²) in [6.07, 6.45) is 1.63. The number of pyridine rings is 1. The zero-order chi connectivity index (χ0) is 25.3. The first-order chi connectivity index (χ1) is 17.5. The molecular formula is C28H21FN4O3. The van der Waals surface area contributed by atoms with E-state index >= 15 is 0 Å². The second kappa shape index (κ2) is 9.12. The van der Waals surface area contributed by atoms with Crippen LogP contribution in [0.2, 0.25) is 0 Å². The van der Waals surface area contributed by atoms with E-state index in [9.17, 15) is 19.2 Å². The summed E-state index contributed by atoms with van der Waals surface area (Å²) < 4.78 is 19.0. The molecule has 3 aromatic carbocycles. The lowest BCUT2D eigenvalue weighted by Gasteiger charge is -2.29. The van der Waals surface area contributed by atoms with Crippen molar-refractivity contribution < 1.29 is 18.7 Å². The van der Waals surface area contributed by atoms with Crippen LogP contribution in [0.5, 0.6) is 5.75 Å². The van der Waals surface area contributed by atoms with Crippen molar-refractivity contribution in [1.82, 2.24) is 10.3 Å². The van der Waals surface area contributed by atoms with Crippen LogP contribution < -0.4 is 15.0 Å². The fraction of sp³-hybridized carbons (Fsp3) is 0.143. The van der Waals surface area contributed by atoms with E-state index in [4.69, 9.17) is 4.74 Å². The zero-order valence-electron chi connectivity index (χ0n) is 19.4. The minimum atomic E-state index is -1.56. The Labute approximate surface area is 206 Å². The number of carbonyl (C=O) groups is 2. The van der Waals surface area contributed by atoms with Crippen molar-refractivity contribution in [2.24, 2.45) is 0 Å². The van der Waals surface area contributed by atoms with Gasteiger partial charge in [-0.3, -0.25) is 19.5 Å². The van der Waals surface area contributed by atoms with Crippen molar-refractivity contribution in [3.63, 3.8) is 0 Å². The summed E-state index contributed by atoms with van der Waals surface area (Å²) in [5.41, 5.74) is 0.0169. The summed E-state index contributed by atoms with van der Waals surface area (Å²) in [6, 6.07) is 21.9. The van der Waals surface area contributed by atoms with E-state index in [0.29, 0.717) is 22.7 Å². The van der Waals surface area contributed by atoms with E-state index in [-0.39, 0.29) is 18.5 Å². The molecule has 2 heterocycles. The molecule has 1 unspecified atom stereocenters. The Kier molecular flexibility index (Phi) is 5.82. The number of halogens is 1. The van der Waals surface area contributed by atoms with Crippen molar-refractivity contribution in [3.05, 3.63) is 96.1 Å². The topological polar surface area (TPSA) is 95.3 Å². The van der Waals surface area contributed by atoms with E-state index in [0.717, 1.165) is 10.8 Å². The molecule has 0 radical (unpaired) electrons. The van der Waals surface area contributed by atoms with Gasteiger partial charge in [0.15, 0.2) is 0 Å². The largest absolute Gasteiger partial charge is 0.497 e. The molecule has 2 amide bonds. The summed E-state index contributed by atoms with van der Waals surface area (Å²) in [5, 5.41) is 14.0. The molecule has 5 rings (SSSR count). The van der Waals surface area contributed by atoms with Gasteiger partial charge in [0.25, 0.3) is 11.8 Å². The SMILES string of the molecule is COc1ccc2c(c1)C(CCC#N)(NC(=O)c1cc3ccccc3cn1)C(=O)N2c1ccc(F)cc1. The van der Waals surface area contributed by atoms with E-state index in [1.807, 2.05) is 24.3 Å². The van der Waals surface area contributed by atoms with E-state index in [1.54, 1.807) is 30.5 Å². The van der Waals surface area contributed by atoms with Gasteiger partial charge in [0, 0.05) is 29.3 Å². The summed E-state index contributed by atoms with van der Waals surface area (Å²) in [7, 11) is 1.50. The predicted molar refractivity (Wildman–Crippen MR) is 132 cm³/mol. The van der Waals surface area contributed by atoms with Crippen molar-refractivity contribution in [3.8, 4) is 11.8 Å². The zero-order valence-corrected chi connectivity index (χ0v) is 19.4. The predicted octanol–water partition coefficient (Wildman–Crippen LogP) is 4.99. The van der Waals surface area contributed by atoms with Crippen LogP contribution in [0, 0.1) is 17.1 Å². The van der Waals surface area contributed by atoms with E-state index in [1.165, 1.54) is 36.3 Å². The summed E-state index contributed by atoms with van der Waals surface area (Å²) in [6.45, 7) is 0. The van der Waals surface area contributed by atoms with Gasteiger partial charge in [0.05, 0.1) is 18.9 Å². The number of aromatic nitrogens is 1. The minimum Gasteiger partial charge on any atom is -0.497 e. The highest BCUT2D eigenvalue weighted by Crippen LogP contribution is 2.48. The molecule has 7 nitrogen and oxygen atoms in total. The highest BCUT2D eigenvalue weighted by atomic mass is 19.1. The average Bonchev–Trinajstić information content (AvgIpc) is 3.14. The highest BCUT2D eigenvalue weighted by Gasteiger charge is 2.52. The van der Waals surface area contributed by atoms with Crippen molar-refractivity contribution >= 4 is 34.0 Å². The molecule has 36 heavy (non-hydrogen) atoms. The number of anilines is 2. The molecule has 0 saturated heterocycles. The van der Waals surface area contributed by atoms with Crippen LogP contribution in [0.3, 0.4) is 0 Å². The number of methoxy groups -OCH3 is 1. The van der Waals surface area contributed by atoms with Gasteiger partial charge in [-0.1, -0.05) is 24.3 Å². The molecule has 0 fully saturated rings. The number of hydrogen-bond donors (Lipinski definition) is 1. The molecule has 0 saturated carbocycles. The smallest absolute Gasteiger partial charge is 0.271 e. The number of fused-ring (bicyclic) bond motifs is 2. The highest BCUT2D eigenvalue weighted by molar-refractivity contribution is 6.15. The first-order valence-corrected chi connectivity index (χ1v) is 11.3. The van der Waals surface area contributed by atoms with Crippen LogP contribution in [-0.4, -0.2) is 23.9 Å². The Bertz CT molecular complexity index is 1530. The summed E-state index contributed by atoms with van der Waals surface area (Å²) in [4.78, 5) is 33.3. The molecule has 1 aliphatic rings. The third-order valence-corrected chi connectivity index (χ3v) is 6.36. The van der Waals surface area contributed by atoms with Gasteiger partial charge in [0.1, 0.15) is 22.8 Å². The molecule has 1 N–H and O–H groups in total. The van der Waals surface area contributed by atoms with Gasteiger partial charge in [0.2, 0.25) is 0 Å². The second-order valence-corrected chi connectivity index (χ2v) is 8.43. The Morgan fingerprint density at radius 3 is 2.58 bits per heavy atom. The number of carbonyl (C=O) groups excluding carboxylic acids is 2. The van der Waals surface area contributed by atoms with Crippen LogP contribution in [-0.2, 0) is 10.3 Å². The standard InChI is InChI=1S/C28H21FN4O3/c1-36-22-11-12-25-23(16-22)28(13-4-14-30,27(35)33(25)21-9-7-20(29)8-10-21)32-26(34)24-15-18-5-2-3-6-19(18)17-31-24/h2-3,5-12,15-17H,4,13H2,1H3,(H,32,34). The first kappa shape index (κ1) is 23.0. The van der Waals surface area contributed by atoms with E-state index < -0.39 is 23.2 Å². The van der Waals surface area contributed by atoms with Crippen LogP contribution in [0.15, 0.2) is 79.0 Å².